The second kappa shape index (κ2) is 7.84. The van der Waals surface area contributed by atoms with Gasteiger partial charge in [0.1, 0.15) is 35.3 Å². The number of aliphatic imine (C=N–C) groups is 1. The number of fused-ring (bicyclic) bond motifs is 1. The van der Waals surface area contributed by atoms with Crippen LogP contribution in [-0.2, 0) is 10.3 Å². The van der Waals surface area contributed by atoms with E-state index >= 15 is 0 Å². The van der Waals surface area contributed by atoms with E-state index in [2.05, 4.69) is 15.3 Å². The molecule has 1 saturated heterocycles. The Morgan fingerprint density at radius 1 is 1.39 bits per heavy atom. The van der Waals surface area contributed by atoms with Crippen LogP contribution < -0.4 is 15.8 Å². The van der Waals surface area contributed by atoms with Crippen LogP contribution in [0.1, 0.15) is 22.5 Å². The molecule has 1 fully saturated rings. The van der Waals surface area contributed by atoms with Gasteiger partial charge in [0.15, 0.2) is 5.67 Å². The molecule has 0 bridgehead atoms. The molecule has 4 rings (SSSR count). The minimum Gasteiger partial charge on any atom is -0.495 e. The molecule has 164 valence electrons. The number of carbonyl (C=O) groups is 1. The van der Waals surface area contributed by atoms with Crippen molar-refractivity contribution in [3.05, 3.63) is 53.6 Å². The topological polar surface area (TPSA) is 98.8 Å². The SMILES string of the molecule is COc1ccc(C(=O)Nc2ccc(F)c([C@]34COC[C@H]3C[C@](F)(CF)C(N)=N4)c2)nc1. The molecule has 31 heavy (non-hydrogen) atoms. The Bertz CT molecular complexity index is 1030. The maximum absolute atomic E-state index is 14.9. The lowest BCUT2D eigenvalue weighted by Gasteiger charge is -2.40. The van der Waals surface area contributed by atoms with Crippen molar-refractivity contribution in [2.24, 2.45) is 16.6 Å². The number of carbonyl (C=O) groups excluding carboxylic acids is 1. The first-order chi connectivity index (χ1) is 14.8. The highest BCUT2D eigenvalue weighted by Crippen LogP contribution is 2.48. The van der Waals surface area contributed by atoms with Gasteiger partial charge >= 0.3 is 0 Å². The molecule has 2 aromatic rings. The fourth-order valence-electron chi connectivity index (χ4n) is 4.02. The minimum absolute atomic E-state index is 0.0327. The van der Waals surface area contributed by atoms with Crippen LogP contribution in [0.5, 0.6) is 5.75 Å². The number of aromatic nitrogens is 1. The molecule has 10 heteroatoms. The molecule has 0 radical (unpaired) electrons. The van der Waals surface area contributed by atoms with Gasteiger partial charge in [-0.3, -0.25) is 9.79 Å². The highest BCUT2D eigenvalue weighted by atomic mass is 19.2. The second-order valence-electron chi connectivity index (χ2n) is 7.67. The van der Waals surface area contributed by atoms with Gasteiger partial charge in [0, 0.05) is 17.2 Å². The Labute approximate surface area is 176 Å². The summed E-state index contributed by atoms with van der Waals surface area (Å²) in [6, 6.07) is 7.05. The van der Waals surface area contributed by atoms with E-state index in [4.69, 9.17) is 15.2 Å². The van der Waals surface area contributed by atoms with Gasteiger partial charge in [-0.2, -0.15) is 0 Å². The van der Waals surface area contributed by atoms with Gasteiger partial charge in [-0.05, 0) is 36.8 Å². The standard InChI is InChI=1S/C21H21F3N4O3/c1-30-14-3-5-17(26-8-14)18(29)27-13-2-4-16(23)15(6-13)21-11-31-9-12(21)7-20(24,10-22)19(25)28-21/h2-6,8,12H,7,9-11H2,1H3,(H2,25,28)(H,27,29)/t12-,20+,21+/m1/s1. The van der Waals surface area contributed by atoms with Gasteiger partial charge in [0.25, 0.3) is 5.91 Å². The molecule has 1 aromatic heterocycles. The van der Waals surface area contributed by atoms with Gasteiger partial charge in [0.05, 0.1) is 26.5 Å². The summed E-state index contributed by atoms with van der Waals surface area (Å²) in [5.74, 6) is -1.75. The Kier molecular flexibility index (Phi) is 5.34. The normalized spacial score (nSPS) is 27.4. The summed E-state index contributed by atoms with van der Waals surface area (Å²) in [6.45, 7) is -1.26. The highest BCUT2D eigenvalue weighted by molar-refractivity contribution is 6.03. The third-order valence-electron chi connectivity index (χ3n) is 5.77. The molecule has 2 aliphatic heterocycles. The van der Waals surface area contributed by atoms with Crippen molar-refractivity contribution in [1.29, 1.82) is 0 Å². The number of nitrogens with zero attached hydrogens (tertiary/aromatic N) is 2. The maximum Gasteiger partial charge on any atom is 0.274 e. The number of amidine groups is 1. The number of rotatable bonds is 5. The molecule has 3 N–H and O–H groups in total. The summed E-state index contributed by atoms with van der Waals surface area (Å²) < 4.78 is 53.4. The van der Waals surface area contributed by atoms with Gasteiger partial charge < -0.3 is 20.5 Å². The first-order valence-corrected chi connectivity index (χ1v) is 9.61. The van der Waals surface area contributed by atoms with E-state index in [0.29, 0.717) is 5.75 Å². The first kappa shape index (κ1) is 21.1. The van der Waals surface area contributed by atoms with Crippen LogP contribution in [0.2, 0.25) is 0 Å². The molecule has 0 unspecified atom stereocenters. The van der Waals surface area contributed by atoms with E-state index < -0.39 is 41.4 Å². The zero-order valence-corrected chi connectivity index (χ0v) is 16.7. The lowest BCUT2D eigenvalue weighted by molar-refractivity contribution is 0.102. The number of benzene rings is 1. The summed E-state index contributed by atoms with van der Waals surface area (Å²) in [4.78, 5) is 20.7. The number of amides is 1. The largest absolute Gasteiger partial charge is 0.495 e. The Balaban J connectivity index is 1.67. The molecule has 1 amide bonds. The number of nitrogens with one attached hydrogen (secondary N) is 1. The molecular weight excluding hydrogens is 413 g/mol. The lowest BCUT2D eigenvalue weighted by Crippen LogP contribution is -2.53. The third kappa shape index (κ3) is 3.60. The summed E-state index contributed by atoms with van der Waals surface area (Å²) in [7, 11) is 1.48. The number of alkyl halides is 2. The fraction of sp³-hybridized carbons (Fsp3) is 0.381. The minimum atomic E-state index is -2.40. The van der Waals surface area contributed by atoms with Crippen molar-refractivity contribution in [1.82, 2.24) is 4.98 Å². The van der Waals surface area contributed by atoms with Crippen LogP contribution in [0.25, 0.3) is 0 Å². The molecule has 3 heterocycles. The van der Waals surface area contributed by atoms with Gasteiger partial charge in [0.2, 0.25) is 0 Å². The summed E-state index contributed by atoms with van der Waals surface area (Å²) >= 11 is 0. The maximum atomic E-state index is 14.9. The average molecular weight is 434 g/mol. The Hall–Kier alpha value is -3.14. The van der Waals surface area contributed by atoms with Gasteiger partial charge in [-0.15, -0.1) is 0 Å². The van der Waals surface area contributed by atoms with Gasteiger partial charge in [-0.1, -0.05) is 0 Å². The fourth-order valence-corrected chi connectivity index (χ4v) is 4.02. The van der Waals surface area contributed by atoms with Crippen LogP contribution in [0.3, 0.4) is 0 Å². The third-order valence-corrected chi connectivity index (χ3v) is 5.77. The number of methoxy groups -OCH3 is 1. The number of halogens is 3. The van der Waals surface area contributed by atoms with E-state index in [-0.39, 0.29) is 36.6 Å². The number of pyridine rings is 1. The predicted molar refractivity (Wildman–Crippen MR) is 107 cm³/mol. The van der Waals surface area contributed by atoms with Crippen LogP contribution in [0.15, 0.2) is 41.5 Å². The summed E-state index contributed by atoms with van der Waals surface area (Å²) in [5.41, 5.74) is 2.57. The van der Waals surface area contributed by atoms with Crippen molar-refractivity contribution < 1.29 is 27.4 Å². The second-order valence-corrected chi connectivity index (χ2v) is 7.67. The first-order valence-electron chi connectivity index (χ1n) is 9.61. The van der Waals surface area contributed by atoms with Gasteiger partial charge in [-0.25, -0.2) is 18.2 Å². The molecule has 7 nitrogen and oxygen atoms in total. The quantitative estimate of drug-likeness (QED) is 0.754. The number of ether oxygens (including phenoxy) is 2. The van der Waals surface area contributed by atoms with Crippen LogP contribution in [-0.4, -0.2) is 49.4 Å². The van der Waals surface area contributed by atoms with E-state index in [9.17, 15) is 18.0 Å². The smallest absolute Gasteiger partial charge is 0.274 e. The van der Waals surface area contributed by atoms with Crippen molar-refractivity contribution in [2.45, 2.75) is 17.6 Å². The molecule has 0 saturated carbocycles. The molecule has 1 aromatic carbocycles. The Morgan fingerprint density at radius 2 is 2.19 bits per heavy atom. The molecular formula is C21H21F3N4O3. The predicted octanol–water partition coefficient (Wildman–Crippen LogP) is 2.76. The van der Waals surface area contributed by atoms with E-state index in [1.165, 1.54) is 37.6 Å². The number of hydrogen-bond donors (Lipinski definition) is 2. The zero-order chi connectivity index (χ0) is 22.2. The van der Waals surface area contributed by atoms with E-state index in [1.54, 1.807) is 6.07 Å². The average Bonchev–Trinajstić information content (AvgIpc) is 3.18. The highest BCUT2D eigenvalue weighted by Gasteiger charge is 2.56. The van der Waals surface area contributed by atoms with E-state index in [1.807, 2.05) is 0 Å². The number of hydrogen-bond acceptors (Lipinski definition) is 6. The zero-order valence-electron chi connectivity index (χ0n) is 16.7. The van der Waals surface area contributed by atoms with Crippen molar-refractivity contribution >= 4 is 17.4 Å². The summed E-state index contributed by atoms with van der Waals surface area (Å²) in [5, 5.41) is 2.65. The van der Waals surface area contributed by atoms with Crippen LogP contribution >= 0.6 is 0 Å². The van der Waals surface area contributed by atoms with Crippen LogP contribution in [0.4, 0.5) is 18.9 Å². The molecule has 3 atom stereocenters. The van der Waals surface area contributed by atoms with Crippen molar-refractivity contribution in [3.8, 4) is 5.75 Å². The number of nitrogens with two attached hydrogens (primary N) is 1. The van der Waals surface area contributed by atoms with Crippen LogP contribution in [0, 0.1) is 11.7 Å². The molecule has 2 aliphatic rings. The Morgan fingerprint density at radius 3 is 2.87 bits per heavy atom. The monoisotopic (exact) mass is 434 g/mol. The van der Waals surface area contributed by atoms with Crippen molar-refractivity contribution in [3.63, 3.8) is 0 Å². The van der Waals surface area contributed by atoms with Crippen molar-refractivity contribution in [2.75, 3.05) is 32.3 Å². The number of anilines is 1. The molecule has 0 spiro atoms. The molecule has 0 aliphatic carbocycles. The summed E-state index contributed by atoms with van der Waals surface area (Å²) in [6.07, 6.45) is 1.13. The lowest BCUT2D eigenvalue weighted by atomic mass is 9.73. The van der Waals surface area contributed by atoms with E-state index in [0.717, 1.165) is 0 Å².